The summed E-state index contributed by atoms with van der Waals surface area (Å²) in [5.41, 5.74) is 11.5. The summed E-state index contributed by atoms with van der Waals surface area (Å²) in [6.45, 7) is 4.82. The van der Waals surface area contributed by atoms with Crippen LogP contribution in [-0.2, 0) is 15.0 Å². The number of unbranched alkanes of at least 4 members (excludes halogenated alkanes) is 1. The number of nitrogens with two attached hydrogens (primary N) is 2. The highest BCUT2D eigenvalue weighted by Crippen LogP contribution is 2.80. The summed E-state index contributed by atoms with van der Waals surface area (Å²) in [4.78, 5) is 41.3. The van der Waals surface area contributed by atoms with E-state index in [0.717, 1.165) is 50.9 Å². The summed E-state index contributed by atoms with van der Waals surface area (Å²) in [5.74, 6) is -1.13. The van der Waals surface area contributed by atoms with Crippen molar-refractivity contribution in [3.8, 4) is 0 Å². The van der Waals surface area contributed by atoms with Crippen molar-refractivity contribution in [2.45, 2.75) is 57.3 Å². The minimum Gasteiger partial charge on any atom is -0.369 e. The van der Waals surface area contributed by atoms with Crippen LogP contribution in [0.3, 0.4) is 0 Å². The molecule has 33 heavy (non-hydrogen) atoms. The lowest BCUT2D eigenvalue weighted by Crippen LogP contribution is -2.62. The number of amides is 2. The Labute approximate surface area is 195 Å². The smallest absolute Gasteiger partial charge is 0.229 e. The van der Waals surface area contributed by atoms with Crippen molar-refractivity contribution >= 4 is 17.6 Å². The van der Waals surface area contributed by atoms with Gasteiger partial charge in [0.2, 0.25) is 11.8 Å². The normalized spacial score (nSPS) is 33.6. The second-order valence-electron chi connectivity index (χ2n) is 10.7. The molecule has 1 saturated heterocycles. The molecule has 6 nitrogen and oxygen atoms in total. The molecule has 4 atom stereocenters. The van der Waals surface area contributed by atoms with Gasteiger partial charge in [0.05, 0.1) is 10.8 Å². The third kappa shape index (κ3) is 2.92. The van der Waals surface area contributed by atoms with Gasteiger partial charge in [0.15, 0.2) is 5.78 Å². The van der Waals surface area contributed by atoms with E-state index < -0.39 is 22.6 Å². The molecule has 3 aliphatic carbocycles. The monoisotopic (exact) mass is 449 g/mol. The van der Waals surface area contributed by atoms with Crippen LogP contribution in [-0.4, -0.2) is 42.1 Å². The number of hydrogen-bond acceptors (Lipinski definition) is 4. The van der Waals surface area contributed by atoms with Gasteiger partial charge in [-0.15, -0.1) is 0 Å². The standard InChI is InChI=1S/C27H35N3O3/c1-18(31)19-6-8-20(9-7-19)27(24(29)33)22-11-10-21(25(22)13-14-25)26(27,23(28)32)12-2-3-15-30-16-4-5-17-30/h6-11,21-22H,2-5,12-17H2,1H3,(H2,28,32)(H2,29,33)/t21-,22+,26+,27-/m1/s1. The number of hydrogen-bond donors (Lipinski definition) is 2. The molecule has 1 heterocycles. The van der Waals surface area contributed by atoms with E-state index in [4.69, 9.17) is 11.5 Å². The zero-order chi connectivity index (χ0) is 23.4. The Morgan fingerprint density at radius 3 is 2.12 bits per heavy atom. The largest absolute Gasteiger partial charge is 0.369 e. The maximum absolute atomic E-state index is 13.5. The molecule has 0 unspecified atom stereocenters. The average molecular weight is 450 g/mol. The molecule has 5 rings (SSSR count). The number of Topliss-reactive ketones (excluding diaryl/α,β-unsaturated/α-hetero) is 1. The molecule has 1 spiro atoms. The molecule has 2 saturated carbocycles. The molecule has 4 aliphatic rings. The molecule has 176 valence electrons. The molecular formula is C27H35N3O3. The van der Waals surface area contributed by atoms with Crippen LogP contribution in [0.15, 0.2) is 36.4 Å². The molecule has 0 radical (unpaired) electrons. The van der Waals surface area contributed by atoms with Crippen molar-refractivity contribution in [1.82, 2.24) is 4.90 Å². The van der Waals surface area contributed by atoms with E-state index in [0.29, 0.717) is 12.0 Å². The zero-order valence-corrected chi connectivity index (χ0v) is 19.5. The first-order valence-electron chi connectivity index (χ1n) is 12.4. The van der Waals surface area contributed by atoms with Crippen molar-refractivity contribution in [2.75, 3.05) is 19.6 Å². The Morgan fingerprint density at radius 1 is 0.939 bits per heavy atom. The fraction of sp³-hybridized carbons (Fsp3) is 0.593. The van der Waals surface area contributed by atoms with Crippen LogP contribution in [0.25, 0.3) is 0 Å². The number of benzene rings is 1. The van der Waals surface area contributed by atoms with Gasteiger partial charge in [-0.25, -0.2) is 0 Å². The Kier molecular flexibility index (Phi) is 5.27. The first-order valence-corrected chi connectivity index (χ1v) is 12.4. The number of primary amides is 2. The van der Waals surface area contributed by atoms with Gasteiger partial charge in [-0.2, -0.15) is 0 Å². The highest BCUT2D eigenvalue weighted by Gasteiger charge is 2.82. The topological polar surface area (TPSA) is 106 Å². The summed E-state index contributed by atoms with van der Waals surface area (Å²) in [6.07, 6.45) is 11.1. The second kappa shape index (κ2) is 7.79. The first kappa shape index (κ1) is 22.3. The van der Waals surface area contributed by atoms with Gasteiger partial charge < -0.3 is 16.4 Å². The maximum Gasteiger partial charge on any atom is 0.229 e. The molecule has 4 N–H and O–H groups in total. The zero-order valence-electron chi connectivity index (χ0n) is 19.5. The van der Waals surface area contributed by atoms with Crippen molar-refractivity contribution in [3.05, 3.63) is 47.5 Å². The van der Waals surface area contributed by atoms with E-state index in [1.54, 1.807) is 12.1 Å². The van der Waals surface area contributed by atoms with E-state index in [1.807, 2.05) is 12.1 Å². The van der Waals surface area contributed by atoms with Gasteiger partial charge in [-0.1, -0.05) is 42.8 Å². The Hall–Kier alpha value is -2.47. The summed E-state index contributed by atoms with van der Waals surface area (Å²) in [5, 5.41) is 0. The number of carbonyl (C=O) groups excluding carboxylic acids is 3. The van der Waals surface area contributed by atoms with Gasteiger partial charge in [-0.05, 0) is 82.0 Å². The summed E-state index contributed by atoms with van der Waals surface area (Å²) in [6, 6.07) is 7.15. The average Bonchev–Trinajstić information content (AvgIpc) is 3.16. The molecule has 1 aromatic rings. The summed E-state index contributed by atoms with van der Waals surface area (Å²) >= 11 is 0. The van der Waals surface area contributed by atoms with Gasteiger partial charge in [0.25, 0.3) is 0 Å². The number of likely N-dealkylation sites (tertiary alicyclic amines) is 1. The highest BCUT2D eigenvalue weighted by molar-refractivity contribution is 6.00. The predicted molar refractivity (Wildman–Crippen MR) is 126 cm³/mol. The third-order valence-electron chi connectivity index (χ3n) is 9.33. The number of nitrogens with zero attached hydrogens (tertiary/aromatic N) is 1. The molecule has 6 heteroatoms. The third-order valence-corrected chi connectivity index (χ3v) is 9.33. The van der Waals surface area contributed by atoms with Crippen LogP contribution >= 0.6 is 0 Å². The van der Waals surface area contributed by atoms with Crippen LogP contribution < -0.4 is 11.5 Å². The molecule has 1 aromatic carbocycles. The Morgan fingerprint density at radius 2 is 1.58 bits per heavy atom. The second-order valence-corrected chi connectivity index (χ2v) is 10.7. The molecule has 0 aromatic heterocycles. The fourth-order valence-electron chi connectivity index (χ4n) is 7.81. The van der Waals surface area contributed by atoms with Crippen molar-refractivity contribution < 1.29 is 14.4 Å². The van der Waals surface area contributed by atoms with Crippen molar-refractivity contribution in [3.63, 3.8) is 0 Å². The Balaban J connectivity index is 1.57. The number of carbonyl (C=O) groups is 3. The van der Waals surface area contributed by atoms with E-state index in [1.165, 1.54) is 19.8 Å². The van der Waals surface area contributed by atoms with Crippen molar-refractivity contribution in [2.24, 2.45) is 34.1 Å². The van der Waals surface area contributed by atoms with Gasteiger partial charge >= 0.3 is 0 Å². The van der Waals surface area contributed by atoms with E-state index >= 15 is 0 Å². The summed E-state index contributed by atoms with van der Waals surface area (Å²) < 4.78 is 0. The minimum atomic E-state index is -1.18. The van der Waals surface area contributed by atoms with E-state index in [2.05, 4.69) is 17.1 Å². The molecule has 1 aliphatic heterocycles. The predicted octanol–water partition coefficient (Wildman–Crippen LogP) is 2.95. The fourth-order valence-corrected chi connectivity index (χ4v) is 7.81. The number of ketones is 1. The summed E-state index contributed by atoms with van der Waals surface area (Å²) in [7, 11) is 0. The lowest BCUT2D eigenvalue weighted by Gasteiger charge is -2.48. The molecular weight excluding hydrogens is 414 g/mol. The lowest BCUT2D eigenvalue weighted by molar-refractivity contribution is -0.143. The highest BCUT2D eigenvalue weighted by atomic mass is 16.2. The maximum atomic E-state index is 13.5. The molecule has 2 bridgehead atoms. The van der Waals surface area contributed by atoms with Crippen LogP contribution in [0.1, 0.15) is 67.8 Å². The number of rotatable bonds is 9. The number of allylic oxidation sites excluding steroid dienone is 2. The lowest BCUT2D eigenvalue weighted by atomic mass is 9.52. The molecule has 3 fully saturated rings. The minimum absolute atomic E-state index is 0.0377. The Bertz CT molecular complexity index is 1010. The molecule has 2 amide bonds. The van der Waals surface area contributed by atoms with Crippen LogP contribution in [0.4, 0.5) is 0 Å². The van der Waals surface area contributed by atoms with Crippen LogP contribution in [0.5, 0.6) is 0 Å². The van der Waals surface area contributed by atoms with Crippen LogP contribution in [0, 0.1) is 22.7 Å². The van der Waals surface area contributed by atoms with E-state index in [-0.39, 0.29) is 23.0 Å². The quantitative estimate of drug-likeness (QED) is 0.343. The van der Waals surface area contributed by atoms with Gasteiger partial charge in [0, 0.05) is 11.5 Å². The first-order chi connectivity index (χ1) is 15.8. The van der Waals surface area contributed by atoms with Crippen molar-refractivity contribution in [1.29, 1.82) is 0 Å². The van der Waals surface area contributed by atoms with Gasteiger partial charge in [-0.3, -0.25) is 14.4 Å². The SMILES string of the molecule is CC(=O)c1ccc([C@]2(C(N)=O)[C@H]3C=C[C@H](C34CC4)[C@@]2(CCCCN2CCCC2)C(N)=O)cc1. The van der Waals surface area contributed by atoms with Crippen LogP contribution in [0.2, 0.25) is 0 Å². The van der Waals surface area contributed by atoms with Gasteiger partial charge in [0.1, 0.15) is 0 Å². The van der Waals surface area contributed by atoms with E-state index in [9.17, 15) is 14.4 Å².